The lowest BCUT2D eigenvalue weighted by Crippen LogP contribution is -2.03. The van der Waals surface area contributed by atoms with Gasteiger partial charge in [0.1, 0.15) is 0 Å². The molecule has 0 bridgehead atoms. The van der Waals surface area contributed by atoms with Gasteiger partial charge in [-0.05, 0) is 18.6 Å². The van der Waals surface area contributed by atoms with E-state index in [2.05, 4.69) is 11.2 Å². The lowest BCUT2D eigenvalue weighted by atomic mass is 10.0. The molecule has 3 rings (SSSR count). The van der Waals surface area contributed by atoms with Crippen LogP contribution in [0.15, 0.2) is 48.5 Å². The molecule has 0 amide bonds. The van der Waals surface area contributed by atoms with Gasteiger partial charge in [0.15, 0.2) is 0 Å². The predicted octanol–water partition coefficient (Wildman–Crippen LogP) is 3.16. The zero-order chi connectivity index (χ0) is 14.1. The third-order valence-electron chi connectivity index (χ3n) is 3.65. The van der Waals surface area contributed by atoms with Crippen LogP contribution in [0.25, 0.3) is 10.9 Å². The van der Waals surface area contributed by atoms with Crippen molar-refractivity contribution < 1.29 is 5.11 Å². The van der Waals surface area contributed by atoms with Crippen LogP contribution in [-0.2, 0) is 13.5 Å². The van der Waals surface area contributed by atoms with Gasteiger partial charge >= 0.3 is 0 Å². The summed E-state index contributed by atoms with van der Waals surface area (Å²) in [5.41, 5.74) is 4.14. The molecule has 3 nitrogen and oxygen atoms in total. The molecule has 102 valence electrons. The zero-order valence-corrected chi connectivity index (χ0v) is 11.7. The summed E-state index contributed by atoms with van der Waals surface area (Å²) >= 11 is 0. The standard InChI is InChI=1S/C17H18N2O/c1-12-6-5-7-13(10-12)17(20)11-15-14-8-3-4-9-16(14)19(2)18-15/h3-10,17,20H,11H2,1-2H3. The number of rotatable bonds is 3. The van der Waals surface area contributed by atoms with Gasteiger partial charge in [-0.2, -0.15) is 5.10 Å². The molecule has 1 atom stereocenters. The Morgan fingerprint density at radius 1 is 1.15 bits per heavy atom. The quantitative estimate of drug-likeness (QED) is 0.790. The highest BCUT2D eigenvalue weighted by atomic mass is 16.3. The van der Waals surface area contributed by atoms with E-state index in [1.54, 1.807) is 0 Å². The Bertz CT molecular complexity index is 746. The molecule has 1 heterocycles. The Hall–Kier alpha value is -2.13. The van der Waals surface area contributed by atoms with E-state index in [9.17, 15) is 5.11 Å². The first-order chi connectivity index (χ1) is 9.65. The zero-order valence-electron chi connectivity index (χ0n) is 11.7. The van der Waals surface area contributed by atoms with Crippen molar-refractivity contribution in [1.82, 2.24) is 9.78 Å². The van der Waals surface area contributed by atoms with E-state index in [-0.39, 0.29) is 0 Å². The minimum Gasteiger partial charge on any atom is -0.388 e. The average molecular weight is 266 g/mol. The molecule has 0 spiro atoms. The summed E-state index contributed by atoms with van der Waals surface area (Å²) in [6.45, 7) is 2.03. The van der Waals surface area contributed by atoms with Crippen molar-refractivity contribution in [1.29, 1.82) is 0 Å². The summed E-state index contributed by atoms with van der Waals surface area (Å²) < 4.78 is 1.87. The second kappa shape index (κ2) is 5.10. The minimum absolute atomic E-state index is 0.520. The van der Waals surface area contributed by atoms with E-state index in [4.69, 9.17) is 0 Å². The molecule has 0 radical (unpaired) electrons. The average Bonchev–Trinajstić information content (AvgIpc) is 2.76. The van der Waals surface area contributed by atoms with Crippen molar-refractivity contribution in [2.75, 3.05) is 0 Å². The van der Waals surface area contributed by atoms with Crippen LogP contribution in [-0.4, -0.2) is 14.9 Å². The SMILES string of the molecule is Cc1cccc(C(O)Cc2nn(C)c3ccccc23)c1. The van der Waals surface area contributed by atoms with E-state index in [0.717, 1.165) is 27.7 Å². The Morgan fingerprint density at radius 2 is 1.95 bits per heavy atom. The first kappa shape index (κ1) is 12.9. The number of nitrogens with zero attached hydrogens (tertiary/aromatic N) is 2. The van der Waals surface area contributed by atoms with Gasteiger partial charge in [0.05, 0.1) is 17.3 Å². The normalized spacial score (nSPS) is 12.8. The lowest BCUT2D eigenvalue weighted by Gasteiger charge is -2.10. The molecule has 3 heteroatoms. The molecule has 0 saturated carbocycles. The van der Waals surface area contributed by atoms with Crippen LogP contribution in [0.5, 0.6) is 0 Å². The highest BCUT2D eigenvalue weighted by Gasteiger charge is 2.14. The van der Waals surface area contributed by atoms with Gasteiger partial charge in [-0.15, -0.1) is 0 Å². The van der Waals surface area contributed by atoms with E-state index in [0.29, 0.717) is 6.42 Å². The molecule has 0 aliphatic rings. The first-order valence-corrected chi connectivity index (χ1v) is 6.80. The third kappa shape index (κ3) is 2.32. The van der Waals surface area contributed by atoms with Crippen LogP contribution >= 0.6 is 0 Å². The summed E-state index contributed by atoms with van der Waals surface area (Å²) in [6, 6.07) is 16.1. The van der Waals surface area contributed by atoms with Gasteiger partial charge in [-0.25, -0.2) is 0 Å². The monoisotopic (exact) mass is 266 g/mol. The number of benzene rings is 2. The van der Waals surface area contributed by atoms with Crippen LogP contribution < -0.4 is 0 Å². The highest BCUT2D eigenvalue weighted by Crippen LogP contribution is 2.24. The van der Waals surface area contributed by atoms with Gasteiger partial charge in [-0.3, -0.25) is 4.68 Å². The largest absolute Gasteiger partial charge is 0.388 e. The van der Waals surface area contributed by atoms with Gasteiger partial charge in [-0.1, -0.05) is 48.0 Å². The Balaban J connectivity index is 1.93. The molecule has 2 aromatic carbocycles. The number of hydrogen-bond donors (Lipinski definition) is 1. The number of fused-ring (bicyclic) bond motifs is 1. The molecular weight excluding hydrogens is 248 g/mol. The Morgan fingerprint density at radius 3 is 2.75 bits per heavy atom. The predicted molar refractivity (Wildman–Crippen MR) is 80.6 cm³/mol. The fraction of sp³-hybridized carbons (Fsp3) is 0.235. The molecule has 1 unspecified atom stereocenters. The van der Waals surface area contributed by atoms with Gasteiger partial charge in [0, 0.05) is 18.9 Å². The van der Waals surface area contributed by atoms with E-state index in [1.165, 1.54) is 0 Å². The van der Waals surface area contributed by atoms with E-state index >= 15 is 0 Å². The molecule has 0 fully saturated rings. The van der Waals surface area contributed by atoms with Crippen LogP contribution in [0.1, 0.15) is 22.9 Å². The van der Waals surface area contributed by atoms with E-state index in [1.807, 2.05) is 61.1 Å². The molecule has 1 aromatic heterocycles. The smallest absolute Gasteiger partial charge is 0.0846 e. The summed E-state index contributed by atoms with van der Waals surface area (Å²) in [4.78, 5) is 0. The Kier molecular flexibility index (Phi) is 3.28. The van der Waals surface area contributed by atoms with Gasteiger partial charge in [0.2, 0.25) is 0 Å². The molecule has 0 aliphatic carbocycles. The second-order valence-electron chi connectivity index (χ2n) is 5.22. The Labute approximate surface area is 118 Å². The number of aromatic nitrogens is 2. The third-order valence-corrected chi connectivity index (χ3v) is 3.65. The first-order valence-electron chi connectivity index (χ1n) is 6.80. The maximum absolute atomic E-state index is 10.4. The molecule has 1 N–H and O–H groups in total. The number of aliphatic hydroxyl groups is 1. The maximum atomic E-state index is 10.4. The van der Waals surface area contributed by atoms with Crippen molar-refractivity contribution in [3.8, 4) is 0 Å². The van der Waals surface area contributed by atoms with Crippen LogP contribution in [0.3, 0.4) is 0 Å². The number of hydrogen-bond acceptors (Lipinski definition) is 2. The number of para-hydroxylation sites is 1. The lowest BCUT2D eigenvalue weighted by molar-refractivity contribution is 0.177. The number of aliphatic hydroxyl groups excluding tert-OH is 1. The van der Waals surface area contributed by atoms with Crippen molar-refractivity contribution >= 4 is 10.9 Å². The molecular formula is C17H18N2O. The van der Waals surface area contributed by atoms with Crippen molar-refractivity contribution in [2.24, 2.45) is 7.05 Å². The fourth-order valence-electron chi connectivity index (χ4n) is 2.62. The van der Waals surface area contributed by atoms with Crippen molar-refractivity contribution in [3.05, 3.63) is 65.4 Å². The van der Waals surface area contributed by atoms with Gasteiger partial charge < -0.3 is 5.11 Å². The van der Waals surface area contributed by atoms with E-state index < -0.39 is 6.10 Å². The summed E-state index contributed by atoms with van der Waals surface area (Å²) in [7, 11) is 1.94. The summed E-state index contributed by atoms with van der Waals surface area (Å²) in [6.07, 6.45) is 0.0124. The topological polar surface area (TPSA) is 38.1 Å². The highest BCUT2D eigenvalue weighted by molar-refractivity contribution is 5.81. The van der Waals surface area contributed by atoms with Crippen LogP contribution in [0, 0.1) is 6.92 Å². The van der Waals surface area contributed by atoms with Crippen molar-refractivity contribution in [2.45, 2.75) is 19.4 Å². The van der Waals surface area contributed by atoms with Crippen LogP contribution in [0.4, 0.5) is 0 Å². The van der Waals surface area contributed by atoms with Crippen molar-refractivity contribution in [3.63, 3.8) is 0 Å². The fourth-order valence-corrected chi connectivity index (χ4v) is 2.62. The van der Waals surface area contributed by atoms with Crippen LogP contribution in [0.2, 0.25) is 0 Å². The molecule has 20 heavy (non-hydrogen) atoms. The summed E-state index contributed by atoms with van der Waals surface area (Å²) in [5, 5.41) is 16.1. The maximum Gasteiger partial charge on any atom is 0.0846 e. The summed E-state index contributed by atoms with van der Waals surface area (Å²) in [5.74, 6) is 0. The molecule has 3 aromatic rings. The molecule has 0 aliphatic heterocycles. The number of aryl methyl sites for hydroxylation is 2. The minimum atomic E-state index is -0.520. The molecule has 0 saturated heterocycles. The second-order valence-corrected chi connectivity index (χ2v) is 5.22. The van der Waals surface area contributed by atoms with Gasteiger partial charge in [0.25, 0.3) is 0 Å².